The molecule has 1 aromatic rings. The number of carbonyl (C=O) groups excluding carboxylic acids is 2. The maximum absolute atomic E-state index is 11.9. The van der Waals surface area contributed by atoms with Crippen LogP contribution in [-0.4, -0.2) is 24.4 Å². The van der Waals surface area contributed by atoms with Crippen molar-refractivity contribution in [3.05, 3.63) is 32.7 Å². The number of hydrogen-bond donors (Lipinski definition) is 2. The van der Waals surface area contributed by atoms with Crippen LogP contribution in [-0.2, 0) is 4.79 Å². The summed E-state index contributed by atoms with van der Waals surface area (Å²) in [5.74, 6) is -0.494. The summed E-state index contributed by atoms with van der Waals surface area (Å²) >= 11 is 6.59. The molecule has 6 heteroatoms. The van der Waals surface area contributed by atoms with Gasteiger partial charge < -0.3 is 10.6 Å². The Labute approximate surface area is 123 Å². The average molecular weight is 378 g/mol. The fraction of sp³-hybridized carbons (Fsp3) is 0.333. The second kappa shape index (κ2) is 6.89. The highest BCUT2D eigenvalue weighted by atomic mass is 79.9. The maximum atomic E-state index is 11.9. The van der Waals surface area contributed by atoms with Crippen molar-refractivity contribution in [3.63, 3.8) is 0 Å². The molecule has 0 atom stereocenters. The second-order valence-electron chi connectivity index (χ2n) is 4.03. The third kappa shape index (κ3) is 4.78. The first kappa shape index (κ1) is 15.2. The van der Waals surface area contributed by atoms with Gasteiger partial charge in [0.2, 0.25) is 5.91 Å². The first-order chi connectivity index (χ1) is 8.40. The van der Waals surface area contributed by atoms with Crippen LogP contribution in [0.3, 0.4) is 0 Å². The molecule has 1 aromatic carbocycles. The predicted molar refractivity (Wildman–Crippen MR) is 77.5 cm³/mol. The van der Waals surface area contributed by atoms with Gasteiger partial charge in [-0.1, -0.05) is 15.9 Å². The van der Waals surface area contributed by atoms with E-state index >= 15 is 0 Å². The average Bonchev–Trinajstić information content (AvgIpc) is 2.28. The lowest BCUT2D eigenvalue weighted by atomic mass is 10.2. The van der Waals surface area contributed by atoms with E-state index in [0.29, 0.717) is 10.0 Å². The molecule has 0 aromatic heterocycles. The number of benzene rings is 1. The topological polar surface area (TPSA) is 58.2 Å². The minimum Gasteiger partial charge on any atom is -0.352 e. The Kier molecular flexibility index (Phi) is 5.81. The molecular formula is C12H14Br2N2O2. The molecule has 1 rings (SSSR count). The van der Waals surface area contributed by atoms with Crippen LogP contribution < -0.4 is 10.6 Å². The summed E-state index contributed by atoms with van der Waals surface area (Å²) in [6, 6.07) is 5.35. The Bertz CT molecular complexity index is 461. The van der Waals surface area contributed by atoms with Crippen molar-refractivity contribution >= 4 is 43.7 Å². The van der Waals surface area contributed by atoms with Crippen LogP contribution in [0.15, 0.2) is 27.1 Å². The summed E-state index contributed by atoms with van der Waals surface area (Å²) < 4.78 is 1.50. The standard InChI is InChI=1S/C12H14Br2N2O2/c1-7(2)16-11(17)6-15-12(18)9-5-8(13)3-4-10(9)14/h3-5,7H,6H2,1-2H3,(H,15,18)(H,16,17). The summed E-state index contributed by atoms with van der Waals surface area (Å²) in [6.07, 6.45) is 0. The van der Waals surface area contributed by atoms with Gasteiger partial charge in [0.15, 0.2) is 0 Å². The van der Waals surface area contributed by atoms with Crippen LogP contribution in [0.2, 0.25) is 0 Å². The van der Waals surface area contributed by atoms with Gasteiger partial charge in [-0.15, -0.1) is 0 Å². The molecule has 98 valence electrons. The smallest absolute Gasteiger partial charge is 0.252 e. The van der Waals surface area contributed by atoms with E-state index in [9.17, 15) is 9.59 Å². The quantitative estimate of drug-likeness (QED) is 0.846. The highest BCUT2D eigenvalue weighted by Gasteiger charge is 2.12. The lowest BCUT2D eigenvalue weighted by Gasteiger charge is -2.10. The molecule has 0 aliphatic heterocycles. The second-order valence-corrected chi connectivity index (χ2v) is 5.80. The van der Waals surface area contributed by atoms with Crippen LogP contribution in [0.5, 0.6) is 0 Å². The highest BCUT2D eigenvalue weighted by molar-refractivity contribution is 9.11. The van der Waals surface area contributed by atoms with E-state index in [1.807, 2.05) is 19.9 Å². The van der Waals surface area contributed by atoms with E-state index < -0.39 is 0 Å². The maximum Gasteiger partial charge on any atom is 0.252 e. The van der Waals surface area contributed by atoms with E-state index in [2.05, 4.69) is 42.5 Å². The zero-order valence-corrected chi connectivity index (χ0v) is 13.3. The molecule has 0 aliphatic carbocycles. The van der Waals surface area contributed by atoms with Crippen LogP contribution >= 0.6 is 31.9 Å². The molecule has 0 aliphatic rings. The summed E-state index contributed by atoms with van der Waals surface area (Å²) in [5.41, 5.74) is 0.488. The first-order valence-corrected chi connectivity index (χ1v) is 7.01. The van der Waals surface area contributed by atoms with E-state index in [1.54, 1.807) is 12.1 Å². The van der Waals surface area contributed by atoms with Crippen molar-refractivity contribution in [3.8, 4) is 0 Å². The molecule has 0 spiro atoms. The lowest BCUT2D eigenvalue weighted by molar-refractivity contribution is -0.120. The van der Waals surface area contributed by atoms with Crippen molar-refractivity contribution in [1.29, 1.82) is 0 Å². The van der Waals surface area contributed by atoms with Crippen molar-refractivity contribution < 1.29 is 9.59 Å². The number of rotatable bonds is 4. The Morgan fingerprint density at radius 2 is 1.94 bits per heavy atom. The molecule has 18 heavy (non-hydrogen) atoms. The van der Waals surface area contributed by atoms with Crippen molar-refractivity contribution in [2.75, 3.05) is 6.54 Å². The molecule has 2 amide bonds. The zero-order valence-electron chi connectivity index (χ0n) is 10.1. The number of hydrogen-bond acceptors (Lipinski definition) is 2. The van der Waals surface area contributed by atoms with Crippen LogP contribution in [0.25, 0.3) is 0 Å². The monoisotopic (exact) mass is 376 g/mol. The SMILES string of the molecule is CC(C)NC(=O)CNC(=O)c1cc(Br)ccc1Br. The number of halogens is 2. The third-order valence-corrected chi connectivity index (χ3v) is 3.22. The molecule has 4 nitrogen and oxygen atoms in total. The summed E-state index contributed by atoms with van der Waals surface area (Å²) in [6.45, 7) is 3.70. The fourth-order valence-electron chi connectivity index (χ4n) is 1.30. The van der Waals surface area contributed by atoms with Crippen molar-refractivity contribution in [2.24, 2.45) is 0 Å². The summed E-state index contributed by atoms with van der Waals surface area (Å²) in [7, 11) is 0. The highest BCUT2D eigenvalue weighted by Crippen LogP contribution is 2.21. The Balaban J connectivity index is 2.60. The molecule has 0 radical (unpaired) electrons. The van der Waals surface area contributed by atoms with Gasteiger partial charge in [-0.05, 0) is 48.0 Å². The Morgan fingerprint density at radius 1 is 1.28 bits per heavy atom. The Hall–Kier alpha value is -0.880. The fourth-order valence-corrected chi connectivity index (χ4v) is 2.09. The summed E-state index contributed by atoms with van der Waals surface area (Å²) in [4.78, 5) is 23.3. The van der Waals surface area contributed by atoms with Gasteiger partial charge in [0.25, 0.3) is 5.91 Å². The van der Waals surface area contributed by atoms with E-state index in [4.69, 9.17) is 0 Å². The molecule has 2 N–H and O–H groups in total. The Morgan fingerprint density at radius 3 is 2.56 bits per heavy atom. The molecule has 0 fully saturated rings. The predicted octanol–water partition coefficient (Wildman–Crippen LogP) is 2.47. The molecule has 0 saturated carbocycles. The van der Waals surface area contributed by atoms with Gasteiger partial charge in [-0.3, -0.25) is 9.59 Å². The number of carbonyl (C=O) groups is 2. The number of nitrogens with one attached hydrogen (secondary N) is 2. The van der Waals surface area contributed by atoms with Gasteiger partial charge >= 0.3 is 0 Å². The van der Waals surface area contributed by atoms with E-state index in [-0.39, 0.29) is 24.4 Å². The van der Waals surface area contributed by atoms with Gasteiger partial charge in [-0.2, -0.15) is 0 Å². The molecule has 0 bridgehead atoms. The molecule has 0 unspecified atom stereocenters. The minimum atomic E-state index is -0.290. The van der Waals surface area contributed by atoms with Gasteiger partial charge in [-0.25, -0.2) is 0 Å². The molecule has 0 heterocycles. The van der Waals surface area contributed by atoms with Crippen LogP contribution in [0, 0.1) is 0 Å². The minimum absolute atomic E-state index is 0.0318. The van der Waals surface area contributed by atoms with Gasteiger partial charge in [0.1, 0.15) is 0 Å². The third-order valence-electron chi connectivity index (χ3n) is 2.03. The van der Waals surface area contributed by atoms with E-state index in [0.717, 1.165) is 4.47 Å². The van der Waals surface area contributed by atoms with Crippen LogP contribution in [0.4, 0.5) is 0 Å². The largest absolute Gasteiger partial charge is 0.352 e. The van der Waals surface area contributed by atoms with Crippen molar-refractivity contribution in [2.45, 2.75) is 19.9 Å². The first-order valence-electron chi connectivity index (χ1n) is 5.42. The van der Waals surface area contributed by atoms with Crippen LogP contribution in [0.1, 0.15) is 24.2 Å². The summed E-state index contributed by atoms with van der Waals surface area (Å²) in [5, 5.41) is 5.27. The normalized spacial score (nSPS) is 10.3. The molecular weight excluding hydrogens is 364 g/mol. The van der Waals surface area contributed by atoms with Gasteiger partial charge in [0, 0.05) is 15.0 Å². The van der Waals surface area contributed by atoms with Gasteiger partial charge in [0.05, 0.1) is 12.1 Å². The number of amides is 2. The van der Waals surface area contributed by atoms with Crippen molar-refractivity contribution in [1.82, 2.24) is 10.6 Å². The van der Waals surface area contributed by atoms with E-state index in [1.165, 1.54) is 0 Å². The molecule has 0 saturated heterocycles. The lowest BCUT2D eigenvalue weighted by Crippen LogP contribution is -2.39. The zero-order chi connectivity index (χ0) is 13.7.